The average Bonchev–Trinajstić information content (AvgIpc) is 2.75. The van der Waals surface area contributed by atoms with Gasteiger partial charge in [-0.2, -0.15) is 13.5 Å². The smallest absolute Gasteiger partial charge is 0.276 e. The summed E-state index contributed by atoms with van der Waals surface area (Å²) in [6.07, 6.45) is 1.36. The third-order valence-electron chi connectivity index (χ3n) is 4.10. The molecule has 31 heavy (non-hydrogen) atoms. The molecule has 0 aromatic heterocycles. The lowest BCUT2D eigenvalue weighted by Crippen LogP contribution is -2.20. The molecule has 0 heterocycles. The Hall–Kier alpha value is -3.72. The third kappa shape index (κ3) is 6.65. The first kappa shape index (κ1) is 22.0. The summed E-state index contributed by atoms with van der Waals surface area (Å²) < 4.78 is 42.6. The molecule has 0 bridgehead atoms. The molecule has 9 heteroatoms. The SMILES string of the molecule is Cc1ccc(S(=O)(=O)N/N=C\c2ccc(OCC(=O)Nc3ccc(F)cc3)cc2)cc1. The number of aryl methyl sites for hydroxylation is 1. The molecule has 0 aliphatic heterocycles. The van der Waals surface area contributed by atoms with Crippen molar-refractivity contribution in [3.63, 3.8) is 0 Å². The Morgan fingerprint density at radius 3 is 2.29 bits per heavy atom. The van der Waals surface area contributed by atoms with E-state index in [1.807, 2.05) is 6.92 Å². The zero-order valence-electron chi connectivity index (χ0n) is 16.6. The number of nitrogens with zero attached hydrogens (tertiary/aromatic N) is 1. The molecular formula is C22H20FN3O4S. The van der Waals surface area contributed by atoms with Crippen LogP contribution in [0.15, 0.2) is 82.8 Å². The third-order valence-corrected chi connectivity index (χ3v) is 5.33. The van der Waals surface area contributed by atoms with Crippen molar-refractivity contribution in [2.24, 2.45) is 5.10 Å². The summed E-state index contributed by atoms with van der Waals surface area (Å²) in [5, 5.41) is 6.37. The topological polar surface area (TPSA) is 96.9 Å². The molecule has 0 saturated heterocycles. The minimum atomic E-state index is -3.74. The first-order valence-corrected chi connectivity index (χ1v) is 10.7. The molecule has 1 amide bonds. The van der Waals surface area contributed by atoms with E-state index < -0.39 is 10.0 Å². The summed E-state index contributed by atoms with van der Waals surface area (Å²) in [6, 6.07) is 18.4. The predicted octanol–water partition coefficient (Wildman–Crippen LogP) is 3.46. The maximum absolute atomic E-state index is 12.9. The number of sulfonamides is 1. The van der Waals surface area contributed by atoms with E-state index >= 15 is 0 Å². The molecule has 3 aromatic carbocycles. The zero-order valence-corrected chi connectivity index (χ0v) is 17.4. The number of hydrogen-bond donors (Lipinski definition) is 2. The van der Waals surface area contributed by atoms with Crippen LogP contribution < -0.4 is 14.9 Å². The number of hydrazone groups is 1. The van der Waals surface area contributed by atoms with E-state index in [4.69, 9.17) is 4.74 Å². The van der Waals surface area contributed by atoms with Gasteiger partial charge in [0, 0.05) is 5.69 Å². The highest BCUT2D eigenvalue weighted by molar-refractivity contribution is 7.89. The van der Waals surface area contributed by atoms with Crippen LogP contribution in [0.3, 0.4) is 0 Å². The summed E-state index contributed by atoms with van der Waals surface area (Å²) in [5.74, 6) is -0.324. The molecular weight excluding hydrogens is 421 g/mol. The molecule has 0 radical (unpaired) electrons. The van der Waals surface area contributed by atoms with E-state index in [0.29, 0.717) is 17.0 Å². The van der Waals surface area contributed by atoms with Crippen LogP contribution in [0.25, 0.3) is 0 Å². The quantitative estimate of drug-likeness (QED) is 0.413. The Balaban J connectivity index is 1.49. The highest BCUT2D eigenvalue weighted by Gasteiger charge is 2.11. The maximum atomic E-state index is 12.9. The van der Waals surface area contributed by atoms with E-state index in [1.54, 1.807) is 36.4 Å². The lowest BCUT2D eigenvalue weighted by Gasteiger charge is -2.08. The summed E-state index contributed by atoms with van der Waals surface area (Å²) >= 11 is 0. The number of ether oxygens (including phenoxy) is 1. The molecule has 7 nitrogen and oxygen atoms in total. The fourth-order valence-electron chi connectivity index (χ4n) is 2.47. The Morgan fingerprint density at radius 2 is 1.65 bits per heavy atom. The molecule has 3 aromatic rings. The van der Waals surface area contributed by atoms with E-state index in [9.17, 15) is 17.6 Å². The van der Waals surface area contributed by atoms with Gasteiger partial charge in [-0.15, -0.1) is 0 Å². The van der Waals surface area contributed by atoms with E-state index in [0.717, 1.165) is 5.56 Å². The van der Waals surface area contributed by atoms with Crippen LogP contribution in [0, 0.1) is 12.7 Å². The molecule has 0 aliphatic carbocycles. The van der Waals surface area contributed by atoms with Gasteiger partial charge in [0.15, 0.2) is 6.61 Å². The fourth-order valence-corrected chi connectivity index (χ4v) is 3.26. The summed E-state index contributed by atoms with van der Waals surface area (Å²) in [7, 11) is -3.74. The van der Waals surface area contributed by atoms with Gasteiger partial charge in [-0.3, -0.25) is 4.79 Å². The zero-order chi connectivity index (χ0) is 22.3. The van der Waals surface area contributed by atoms with E-state index in [-0.39, 0.29) is 23.2 Å². The number of amides is 1. The maximum Gasteiger partial charge on any atom is 0.276 e. The Kier molecular flexibility index (Phi) is 6.99. The van der Waals surface area contributed by atoms with Crippen LogP contribution in [0.1, 0.15) is 11.1 Å². The van der Waals surface area contributed by atoms with Crippen LogP contribution in [0.5, 0.6) is 5.75 Å². The minimum absolute atomic E-state index is 0.123. The molecule has 0 aliphatic rings. The number of anilines is 1. The van der Waals surface area contributed by atoms with Gasteiger partial charge >= 0.3 is 0 Å². The lowest BCUT2D eigenvalue weighted by molar-refractivity contribution is -0.118. The molecule has 0 fully saturated rings. The monoisotopic (exact) mass is 441 g/mol. The van der Waals surface area contributed by atoms with Crippen molar-refractivity contribution >= 4 is 27.8 Å². The second kappa shape index (κ2) is 9.86. The normalized spacial score (nSPS) is 11.3. The van der Waals surface area contributed by atoms with Gasteiger partial charge < -0.3 is 10.1 Å². The van der Waals surface area contributed by atoms with Crippen LogP contribution in [0.4, 0.5) is 10.1 Å². The average molecular weight is 441 g/mol. The highest BCUT2D eigenvalue weighted by Crippen LogP contribution is 2.13. The van der Waals surface area contributed by atoms with Crippen molar-refractivity contribution in [3.05, 3.63) is 89.7 Å². The van der Waals surface area contributed by atoms with Gasteiger partial charge in [0.1, 0.15) is 11.6 Å². The Bertz CT molecular complexity index is 1160. The van der Waals surface area contributed by atoms with Crippen molar-refractivity contribution in [1.82, 2.24) is 4.83 Å². The molecule has 160 valence electrons. The van der Waals surface area contributed by atoms with E-state index in [1.165, 1.54) is 42.6 Å². The second-order valence-electron chi connectivity index (χ2n) is 6.58. The van der Waals surface area contributed by atoms with Gasteiger partial charge in [0.2, 0.25) is 0 Å². The van der Waals surface area contributed by atoms with Crippen molar-refractivity contribution in [1.29, 1.82) is 0 Å². The van der Waals surface area contributed by atoms with Crippen LogP contribution in [-0.4, -0.2) is 27.1 Å². The summed E-state index contributed by atoms with van der Waals surface area (Å²) in [4.78, 5) is 14.2. The largest absolute Gasteiger partial charge is 0.484 e. The molecule has 3 rings (SSSR count). The van der Waals surface area contributed by atoms with Crippen LogP contribution in [-0.2, 0) is 14.8 Å². The lowest BCUT2D eigenvalue weighted by atomic mass is 10.2. The number of hydrogen-bond acceptors (Lipinski definition) is 5. The van der Waals surface area contributed by atoms with Gasteiger partial charge in [0.25, 0.3) is 15.9 Å². The van der Waals surface area contributed by atoms with Crippen molar-refractivity contribution in [2.75, 3.05) is 11.9 Å². The van der Waals surface area contributed by atoms with Crippen molar-refractivity contribution in [2.45, 2.75) is 11.8 Å². The Morgan fingerprint density at radius 1 is 1.00 bits per heavy atom. The number of carbonyl (C=O) groups is 1. The number of nitrogens with one attached hydrogen (secondary N) is 2. The van der Waals surface area contributed by atoms with Gasteiger partial charge in [0.05, 0.1) is 11.1 Å². The number of rotatable bonds is 8. The molecule has 0 saturated carbocycles. The predicted molar refractivity (Wildman–Crippen MR) is 116 cm³/mol. The molecule has 0 spiro atoms. The van der Waals surface area contributed by atoms with Crippen LogP contribution >= 0.6 is 0 Å². The Labute approximate surface area is 179 Å². The van der Waals surface area contributed by atoms with Crippen molar-refractivity contribution in [3.8, 4) is 5.75 Å². The molecule has 0 atom stereocenters. The van der Waals surface area contributed by atoms with E-state index in [2.05, 4.69) is 15.2 Å². The minimum Gasteiger partial charge on any atom is -0.484 e. The summed E-state index contributed by atoms with van der Waals surface area (Å²) in [5.41, 5.74) is 2.06. The molecule has 2 N–H and O–H groups in total. The summed E-state index contributed by atoms with van der Waals surface area (Å²) in [6.45, 7) is 1.65. The number of carbonyl (C=O) groups excluding carboxylic acids is 1. The van der Waals surface area contributed by atoms with Gasteiger partial charge in [-0.25, -0.2) is 9.22 Å². The van der Waals surface area contributed by atoms with Crippen molar-refractivity contribution < 1.29 is 22.3 Å². The van der Waals surface area contributed by atoms with Crippen LogP contribution in [0.2, 0.25) is 0 Å². The highest BCUT2D eigenvalue weighted by atomic mass is 32.2. The van der Waals surface area contributed by atoms with Gasteiger partial charge in [-0.05, 0) is 73.2 Å². The standard InChI is InChI=1S/C22H20FN3O4S/c1-16-2-12-21(13-3-16)31(28,29)26-24-14-17-4-10-20(11-5-17)30-15-22(27)25-19-8-6-18(23)7-9-19/h2-14,26H,15H2,1H3,(H,25,27)/b24-14-. The number of halogens is 1. The number of benzene rings is 3. The second-order valence-corrected chi connectivity index (χ2v) is 8.24. The van der Waals surface area contributed by atoms with Gasteiger partial charge in [-0.1, -0.05) is 17.7 Å². The first-order chi connectivity index (χ1) is 14.8. The fraction of sp³-hybridized carbons (Fsp3) is 0.0909. The first-order valence-electron chi connectivity index (χ1n) is 9.22. The molecule has 0 unspecified atom stereocenters.